The quantitative estimate of drug-likeness (QED) is 0.772. The molecule has 1 atom stereocenters. The number of phenols is 1. The van der Waals surface area contributed by atoms with Crippen molar-refractivity contribution in [2.45, 2.75) is 25.9 Å². The van der Waals surface area contributed by atoms with Gasteiger partial charge in [0, 0.05) is 12.7 Å². The maximum atomic E-state index is 9.56. The molecule has 1 aromatic rings. The molecule has 0 fully saturated rings. The van der Waals surface area contributed by atoms with Gasteiger partial charge in [-0.25, -0.2) is 0 Å². The van der Waals surface area contributed by atoms with Crippen molar-refractivity contribution in [2.24, 2.45) is 0 Å². The Labute approximate surface area is 79.2 Å². The number of methoxy groups -OCH3 is 1. The molecule has 1 aromatic carbocycles. The van der Waals surface area contributed by atoms with Crippen molar-refractivity contribution >= 4 is 0 Å². The SMILES string of the molecule is CCCC(OC)c1ccccc1O. The Morgan fingerprint density at radius 1 is 1.38 bits per heavy atom. The molecule has 0 bridgehead atoms. The molecule has 0 aliphatic carbocycles. The number of hydrogen-bond acceptors (Lipinski definition) is 2. The first-order valence-electron chi connectivity index (χ1n) is 4.60. The molecule has 0 heterocycles. The molecule has 0 saturated carbocycles. The zero-order valence-electron chi connectivity index (χ0n) is 8.16. The van der Waals surface area contributed by atoms with E-state index in [4.69, 9.17) is 4.74 Å². The highest BCUT2D eigenvalue weighted by molar-refractivity contribution is 5.33. The van der Waals surface area contributed by atoms with E-state index >= 15 is 0 Å². The zero-order chi connectivity index (χ0) is 9.68. The molecular weight excluding hydrogens is 164 g/mol. The summed E-state index contributed by atoms with van der Waals surface area (Å²) in [5.41, 5.74) is 0.881. The summed E-state index contributed by atoms with van der Waals surface area (Å²) in [6.45, 7) is 2.10. The van der Waals surface area contributed by atoms with Gasteiger partial charge >= 0.3 is 0 Å². The summed E-state index contributed by atoms with van der Waals surface area (Å²) in [7, 11) is 1.67. The summed E-state index contributed by atoms with van der Waals surface area (Å²) >= 11 is 0. The van der Waals surface area contributed by atoms with Crippen molar-refractivity contribution in [1.29, 1.82) is 0 Å². The van der Waals surface area contributed by atoms with Crippen molar-refractivity contribution in [3.05, 3.63) is 29.8 Å². The fraction of sp³-hybridized carbons (Fsp3) is 0.455. The minimum Gasteiger partial charge on any atom is -0.508 e. The average Bonchev–Trinajstić information content (AvgIpc) is 2.16. The number of benzene rings is 1. The molecule has 0 radical (unpaired) electrons. The van der Waals surface area contributed by atoms with Gasteiger partial charge in [-0.05, 0) is 12.5 Å². The third-order valence-electron chi connectivity index (χ3n) is 2.12. The Balaban J connectivity index is 2.84. The normalized spacial score (nSPS) is 12.8. The van der Waals surface area contributed by atoms with Crippen molar-refractivity contribution in [3.8, 4) is 5.75 Å². The van der Waals surface area contributed by atoms with E-state index in [2.05, 4.69) is 6.92 Å². The second-order valence-corrected chi connectivity index (χ2v) is 3.07. The maximum Gasteiger partial charge on any atom is 0.121 e. The van der Waals surface area contributed by atoms with Crippen LogP contribution in [-0.4, -0.2) is 12.2 Å². The van der Waals surface area contributed by atoms with Crippen LogP contribution in [0.25, 0.3) is 0 Å². The predicted octanol–water partition coefficient (Wildman–Crippen LogP) is 2.88. The van der Waals surface area contributed by atoms with E-state index in [-0.39, 0.29) is 6.10 Å². The van der Waals surface area contributed by atoms with Crippen LogP contribution in [0.5, 0.6) is 5.75 Å². The molecule has 0 aromatic heterocycles. The first-order valence-corrected chi connectivity index (χ1v) is 4.60. The van der Waals surface area contributed by atoms with Crippen LogP contribution in [0, 0.1) is 0 Å². The molecule has 0 aliphatic heterocycles. The van der Waals surface area contributed by atoms with Crippen molar-refractivity contribution in [2.75, 3.05) is 7.11 Å². The minimum absolute atomic E-state index is 0.0196. The highest BCUT2D eigenvalue weighted by Gasteiger charge is 2.12. The van der Waals surface area contributed by atoms with Crippen LogP contribution >= 0.6 is 0 Å². The van der Waals surface area contributed by atoms with E-state index in [1.807, 2.05) is 18.2 Å². The summed E-state index contributed by atoms with van der Waals surface area (Å²) in [4.78, 5) is 0. The van der Waals surface area contributed by atoms with E-state index in [9.17, 15) is 5.11 Å². The molecule has 2 heteroatoms. The van der Waals surface area contributed by atoms with Gasteiger partial charge in [-0.2, -0.15) is 0 Å². The van der Waals surface area contributed by atoms with Gasteiger partial charge in [-0.1, -0.05) is 31.5 Å². The Kier molecular flexibility index (Phi) is 3.77. The molecule has 0 aliphatic rings. The second-order valence-electron chi connectivity index (χ2n) is 3.07. The third kappa shape index (κ3) is 2.46. The Morgan fingerprint density at radius 2 is 2.08 bits per heavy atom. The zero-order valence-corrected chi connectivity index (χ0v) is 8.16. The molecule has 1 N–H and O–H groups in total. The lowest BCUT2D eigenvalue weighted by Crippen LogP contribution is -2.00. The van der Waals surface area contributed by atoms with Gasteiger partial charge in [0.25, 0.3) is 0 Å². The largest absolute Gasteiger partial charge is 0.508 e. The van der Waals surface area contributed by atoms with E-state index < -0.39 is 0 Å². The number of rotatable bonds is 4. The molecule has 13 heavy (non-hydrogen) atoms. The molecule has 1 unspecified atom stereocenters. The van der Waals surface area contributed by atoms with Crippen LogP contribution in [0.1, 0.15) is 31.4 Å². The first kappa shape index (κ1) is 10.1. The van der Waals surface area contributed by atoms with Crippen LogP contribution in [0.3, 0.4) is 0 Å². The lowest BCUT2D eigenvalue weighted by molar-refractivity contribution is 0.0928. The molecular formula is C11H16O2. The number of aromatic hydroxyl groups is 1. The summed E-state index contributed by atoms with van der Waals surface area (Å²) < 4.78 is 5.30. The third-order valence-corrected chi connectivity index (χ3v) is 2.12. The maximum absolute atomic E-state index is 9.56. The minimum atomic E-state index is 0.0196. The van der Waals surface area contributed by atoms with Gasteiger partial charge in [-0.3, -0.25) is 0 Å². The summed E-state index contributed by atoms with van der Waals surface area (Å²) in [5.74, 6) is 0.322. The van der Waals surface area contributed by atoms with Crippen molar-refractivity contribution < 1.29 is 9.84 Å². The van der Waals surface area contributed by atoms with Crippen LogP contribution in [0.4, 0.5) is 0 Å². The van der Waals surface area contributed by atoms with Gasteiger partial charge in [0.1, 0.15) is 5.75 Å². The lowest BCUT2D eigenvalue weighted by Gasteiger charge is -2.15. The molecule has 0 amide bonds. The number of ether oxygens (including phenoxy) is 1. The van der Waals surface area contributed by atoms with E-state index in [0.29, 0.717) is 5.75 Å². The number of phenolic OH excluding ortho intramolecular Hbond substituents is 1. The van der Waals surface area contributed by atoms with Gasteiger partial charge < -0.3 is 9.84 Å². The molecule has 1 rings (SSSR count). The Hall–Kier alpha value is -1.02. The van der Waals surface area contributed by atoms with Crippen LogP contribution < -0.4 is 0 Å². The monoisotopic (exact) mass is 180 g/mol. The van der Waals surface area contributed by atoms with Crippen LogP contribution in [0.2, 0.25) is 0 Å². The van der Waals surface area contributed by atoms with Crippen LogP contribution in [-0.2, 0) is 4.74 Å². The van der Waals surface area contributed by atoms with Crippen LogP contribution in [0.15, 0.2) is 24.3 Å². The smallest absolute Gasteiger partial charge is 0.121 e. The molecule has 2 nitrogen and oxygen atoms in total. The standard InChI is InChI=1S/C11H16O2/c1-3-6-11(13-2)9-7-4-5-8-10(9)12/h4-5,7-8,11-12H,3,6H2,1-2H3. The molecule has 0 spiro atoms. The van der Waals surface area contributed by atoms with Gasteiger partial charge in [0.05, 0.1) is 6.10 Å². The summed E-state index contributed by atoms with van der Waals surface area (Å²) in [6.07, 6.45) is 2.01. The molecule has 72 valence electrons. The molecule has 0 saturated heterocycles. The van der Waals surface area contributed by atoms with Crippen molar-refractivity contribution in [3.63, 3.8) is 0 Å². The van der Waals surface area contributed by atoms with E-state index in [1.165, 1.54) is 0 Å². The second kappa shape index (κ2) is 4.87. The highest BCUT2D eigenvalue weighted by Crippen LogP contribution is 2.28. The van der Waals surface area contributed by atoms with Gasteiger partial charge in [-0.15, -0.1) is 0 Å². The van der Waals surface area contributed by atoms with Gasteiger partial charge in [0.2, 0.25) is 0 Å². The Bertz CT molecular complexity index is 258. The summed E-state index contributed by atoms with van der Waals surface area (Å²) in [6, 6.07) is 7.32. The lowest BCUT2D eigenvalue weighted by atomic mass is 10.0. The van der Waals surface area contributed by atoms with Gasteiger partial charge in [0.15, 0.2) is 0 Å². The average molecular weight is 180 g/mol. The first-order chi connectivity index (χ1) is 6.29. The van der Waals surface area contributed by atoms with E-state index in [1.54, 1.807) is 13.2 Å². The van der Waals surface area contributed by atoms with Crippen molar-refractivity contribution in [1.82, 2.24) is 0 Å². The highest BCUT2D eigenvalue weighted by atomic mass is 16.5. The fourth-order valence-electron chi connectivity index (χ4n) is 1.42. The van der Waals surface area contributed by atoms with E-state index in [0.717, 1.165) is 18.4 Å². The number of hydrogen-bond donors (Lipinski definition) is 1. The fourth-order valence-corrected chi connectivity index (χ4v) is 1.42. The predicted molar refractivity (Wildman–Crippen MR) is 52.8 cm³/mol. The summed E-state index contributed by atoms with van der Waals surface area (Å²) in [5, 5.41) is 9.56. The topological polar surface area (TPSA) is 29.5 Å². The number of para-hydroxylation sites is 1. The Morgan fingerprint density at radius 3 is 2.62 bits per heavy atom.